The minimum atomic E-state index is -0.0738. The molecule has 0 saturated carbocycles. The fraction of sp³-hybridized carbons (Fsp3) is 0.280. The van der Waals surface area contributed by atoms with E-state index in [1.165, 1.54) is 18.3 Å². The molecule has 0 unspecified atom stereocenters. The number of benzene rings is 2. The van der Waals surface area contributed by atoms with Crippen molar-refractivity contribution in [2.24, 2.45) is 0 Å². The Kier molecular flexibility index (Phi) is 9.14. The van der Waals surface area contributed by atoms with Crippen LogP contribution in [0.3, 0.4) is 0 Å². The molecule has 2 aromatic carbocycles. The van der Waals surface area contributed by atoms with Gasteiger partial charge in [0, 0.05) is 42.9 Å². The summed E-state index contributed by atoms with van der Waals surface area (Å²) in [6.45, 7) is 2.58. The van der Waals surface area contributed by atoms with Gasteiger partial charge in [0.15, 0.2) is 5.13 Å². The van der Waals surface area contributed by atoms with E-state index in [2.05, 4.69) is 20.9 Å². The molecule has 0 atom stereocenters. The molecule has 0 spiro atoms. The topological polar surface area (TPSA) is 100 Å². The maximum atomic E-state index is 12.2. The zero-order chi connectivity index (χ0) is 23.5. The molecule has 0 aliphatic rings. The van der Waals surface area contributed by atoms with E-state index in [0.717, 1.165) is 36.1 Å². The Bertz CT molecular complexity index is 1060. The standard InChI is InChI=1S/C25H28N4O3S/c1-18(30)27-16-19-11-13-20(14-12-19)22-17-33-25(28-22)29-23(31)10-6-3-7-15-26-24(32)21-8-4-2-5-9-21/h2,4-5,8-9,11-14,17H,3,6-7,10,15-16H2,1H3,(H,26,32)(H,27,30)(H,28,29,31). The van der Waals surface area contributed by atoms with Gasteiger partial charge < -0.3 is 16.0 Å². The van der Waals surface area contributed by atoms with E-state index in [-0.39, 0.29) is 17.7 Å². The zero-order valence-corrected chi connectivity index (χ0v) is 19.4. The first-order valence-electron chi connectivity index (χ1n) is 10.9. The predicted octanol–water partition coefficient (Wildman–Crippen LogP) is 4.38. The molecule has 0 fully saturated rings. The summed E-state index contributed by atoms with van der Waals surface area (Å²) in [6.07, 6.45) is 2.85. The molecule has 0 bridgehead atoms. The fourth-order valence-electron chi connectivity index (χ4n) is 3.15. The average Bonchev–Trinajstić information content (AvgIpc) is 3.29. The number of nitrogens with zero attached hydrogens (tertiary/aromatic N) is 1. The Hall–Kier alpha value is -3.52. The summed E-state index contributed by atoms with van der Waals surface area (Å²) >= 11 is 1.39. The van der Waals surface area contributed by atoms with E-state index in [4.69, 9.17) is 0 Å². The van der Waals surface area contributed by atoms with Crippen molar-refractivity contribution in [3.05, 3.63) is 71.1 Å². The van der Waals surface area contributed by atoms with Gasteiger partial charge in [0.1, 0.15) is 0 Å². The summed E-state index contributed by atoms with van der Waals surface area (Å²) in [6, 6.07) is 16.9. The van der Waals surface area contributed by atoms with Crippen molar-refractivity contribution in [3.63, 3.8) is 0 Å². The minimum absolute atomic E-state index is 0.0603. The normalized spacial score (nSPS) is 10.5. The lowest BCUT2D eigenvalue weighted by Crippen LogP contribution is -2.24. The molecular weight excluding hydrogens is 436 g/mol. The van der Waals surface area contributed by atoms with Gasteiger partial charge >= 0.3 is 0 Å². The van der Waals surface area contributed by atoms with Gasteiger partial charge in [0.2, 0.25) is 11.8 Å². The van der Waals surface area contributed by atoms with Crippen LogP contribution in [0.4, 0.5) is 5.13 Å². The number of hydrogen-bond donors (Lipinski definition) is 3. The molecule has 1 aromatic heterocycles. The van der Waals surface area contributed by atoms with Crippen molar-refractivity contribution in [2.75, 3.05) is 11.9 Å². The third-order valence-electron chi connectivity index (χ3n) is 4.94. The van der Waals surface area contributed by atoms with Crippen LogP contribution in [0.15, 0.2) is 60.0 Å². The van der Waals surface area contributed by atoms with Crippen molar-refractivity contribution < 1.29 is 14.4 Å². The summed E-state index contributed by atoms with van der Waals surface area (Å²) in [5, 5.41) is 11.0. The number of hydrogen-bond acceptors (Lipinski definition) is 5. The zero-order valence-electron chi connectivity index (χ0n) is 18.6. The Morgan fingerprint density at radius 2 is 1.67 bits per heavy atom. The number of nitrogens with one attached hydrogen (secondary N) is 3. The summed E-state index contributed by atoms with van der Waals surface area (Å²) in [4.78, 5) is 39.7. The number of thiazole rings is 1. The van der Waals surface area contributed by atoms with Crippen LogP contribution in [0.5, 0.6) is 0 Å². The lowest BCUT2D eigenvalue weighted by atomic mass is 10.1. The quantitative estimate of drug-likeness (QED) is 0.367. The van der Waals surface area contributed by atoms with Crippen molar-refractivity contribution >= 4 is 34.2 Å². The van der Waals surface area contributed by atoms with Crippen LogP contribution in [0.25, 0.3) is 11.3 Å². The van der Waals surface area contributed by atoms with Crippen molar-refractivity contribution in [1.29, 1.82) is 0 Å². The number of amides is 3. The molecule has 172 valence electrons. The average molecular weight is 465 g/mol. The van der Waals surface area contributed by atoms with E-state index in [1.54, 1.807) is 12.1 Å². The Morgan fingerprint density at radius 1 is 0.909 bits per heavy atom. The maximum Gasteiger partial charge on any atom is 0.251 e. The van der Waals surface area contributed by atoms with Crippen LogP contribution >= 0.6 is 11.3 Å². The second-order valence-electron chi connectivity index (χ2n) is 7.63. The van der Waals surface area contributed by atoms with Gasteiger partial charge in [-0.1, -0.05) is 48.9 Å². The molecule has 0 aliphatic heterocycles. The molecule has 0 aliphatic carbocycles. The van der Waals surface area contributed by atoms with Crippen molar-refractivity contribution in [3.8, 4) is 11.3 Å². The largest absolute Gasteiger partial charge is 0.352 e. The molecule has 1 heterocycles. The number of unbranched alkanes of at least 4 members (excludes halogenated alkanes) is 2. The fourth-order valence-corrected chi connectivity index (χ4v) is 3.88. The Morgan fingerprint density at radius 3 is 2.39 bits per heavy atom. The Balaban J connectivity index is 1.34. The molecule has 33 heavy (non-hydrogen) atoms. The molecule has 3 N–H and O–H groups in total. The van der Waals surface area contributed by atoms with E-state index >= 15 is 0 Å². The van der Waals surface area contributed by atoms with Gasteiger partial charge in [-0.25, -0.2) is 4.98 Å². The maximum absolute atomic E-state index is 12.2. The van der Waals surface area contributed by atoms with Crippen LogP contribution in [0, 0.1) is 0 Å². The number of carbonyl (C=O) groups is 3. The highest BCUT2D eigenvalue weighted by atomic mass is 32.1. The SMILES string of the molecule is CC(=O)NCc1ccc(-c2csc(NC(=O)CCCCCNC(=O)c3ccccc3)n2)cc1. The summed E-state index contributed by atoms with van der Waals surface area (Å²) in [5.74, 6) is -0.195. The van der Waals surface area contributed by atoms with Gasteiger partial charge in [0.05, 0.1) is 5.69 Å². The lowest BCUT2D eigenvalue weighted by molar-refractivity contribution is -0.119. The number of aromatic nitrogens is 1. The number of anilines is 1. The van der Waals surface area contributed by atoms with Gasteiger partial charge in [0.25, 0.3) is 5.91 Å². The second kappa shape index (κ2) is 12.5. The minimum Gasteiger partial charge on any atom is -0.352 e. The molecule has 3 aromatic rings. The van der Waals surface area contributed by atoms with Crippen LogP contribution in [-0.4, -0.2) is 29.3 Å². The summed E-state index contributed by atoms with van der Waals surface area (Å²) < 4.78 is 0. The first-order chi connectivity index (χ1) is 16.0. The molecule has 0 saturated heterocycles. The summed E-state index contributed by atoms with van der Waals surface area (Å²) in [5.41, 5.74) is 3.42. The van der Waals surface area contributed by atoms with Gasteiger partial charge in [-0.2, -0.15) is 0 Å². The van der Waals surface area contributed by atoms with Crippen LogP contribution in [0.1, 0.15) is 48.5 Å². The molecule has 0 radical (unpaired) electrons. The van der Waals surface area contributed by atoms with E-state index in [9.17, 15) is 14.4 Å². The highest BCUT2D eigenvalue weighted by molar-refractivity contribution is 7.14. The van der Waals surface area contributed by atoms with Gasteiger partial charge in [-0.05, 0) is 30.5 Å². The Labute approximate surface area is 197 Å². The van der Waals surface area contributed by atoms with Crippen LogP contribution in [-0.2, 0) is 16.1 Å². The predicted molar refractivity (Wildman–Crippen MR) is 131 cm³/mol. The molecule has 7 nitrogen and oxygen atoms in total. The first-order valence-corrected chi connectivity index (χ1v) is 11.8. The van der Waals surface area contributed by atoms with Gasteiger partial charge in [-0.3, -0.25) is 14.4 Å². The smallest absolute Gasteiger partial charge is 0.251 e. The third-order valence-corrected chi connectivity index (χ3v) is 5.70. The van der Waals surface area contributed by atoms with Crippen molar-refractivity contribution in [1.82, 2.24) is 15.6 Å². The van der Waals surface area contributed by atoms with E-state index in [0.29, 0.717) is 30.2 Å². The van der Waals surface area contributed by atoms with Gasteiger partial charge in [-0.15, -0.1) is 11.3 Å². The molecular formula is C25H28N4O3S. The van der Waals surface area contributed by atoms with E-state index < -0.39 is 0 Å². The lowest BCUT2D eigenvalue weighted by Gasteiger charge is -2.05. The third kappa shape index (κ3) is 8.16. The van der Waals surface area contributed by atoms with E-state index in [1.807, 2.05) is 47.8 Å². The van der Waals surface area contributed by atoms with Crippen molar-refractivity contribution in [2.45, 2.75) is 39.2 Å². The molecule has 3 amide bonds. The number of carbonyl (C=O) groups excluding carboxylic acids is 3. The summed E-state index contributed by atoms with van der Waals surface area (Å²) in [7, 11) is 0. The van der Waals surface area contributed by atoms with Crippen LogP contribution < -0.4 is 16.0 Å². The number of rotatable bonds is 11. The monoisotopic (exact) mass is 464 g/mol. The second-order valence-corrected chi connectivity index (χ2v) is 8.48. The highest BCUT2D eigenvalue weighted by Gasteiger charge is 2.09. The van der Waals surface area contributed by atoms with Crippen LogP contribution in [0.2, 0.25) is 0 Å². The highest BCUT2D eigenvalue weighted by Crippen LogP contribution is 2.25. The first kappa shape index (κ1) is 24.1. The molecule has 3 rings (SSSR count). The molecule has 8 heteroatoms.